The summed E-state index contributed by atoms with van der Waals surface area (Å²) in [5.41, 5.74) is 1.25. The van der Waals surface area contributed by atoms with Crippen molar-refractivity contribution in [2.75, 3.05) is 7.05 Å². The van der Waals surface area contributed by atoms with Gasteiger partial charge in [0.05, 0.1) is 0 Å². The molecule has 0 aliphatic carbocycles. The first-order valence-electron chi connectivity index (χ1n) is 3.97. The quantitative estimate of drug-likeness (QED) is 0.506. The summed E-state index contributed by atoms with van der Waals surface area (Å²) in [6, 6.07) is 0.620. The fourth-order valence-corrected chi connectivity index (χ4v) is 0.968. The fraction of sp³-hybridized carbons (Fsp3) is 0.875. The molecular formula is C8H18N2. The summed E-state index contributed by atoms with van der Waals surface area (Å²) < 4.78 is 0. The van der Waals surface area contributed by atoms with Gasteiger partial charge >= 0.3 is 0 Å². The summed E-state index contributed by atoms with van der Waals surface area (Å²) in [4.78, 5) is 0. The van der Waals surface area contributed by atoms with Crippen LogP contribution in [0.4, 0.5) is 0 Å². The van der Waals surface area contributed by atoms with E-state index < -0.39 is 0 Å². The Labute approximate surface area is 63.9 Å². The van der Waals surface area contributed by atoms with E-state index in [0.717, 1.165) is 6.42 Å². The van der Waals surface area contributed by atoms with E-state index in [0.29, 0.717) is 6.04 Å². The number of nitrogens with zero attached hydrogens (tertiary/aromatic N) is 2. The molecule has 0 aromatic carbocycles. The summed E-state index contributed by atoms with van der Waals surface area (Å²) in [5.74, 6) is 0. The van der Waals surface area contributed by atoms with Gasteiger partial charge in [0, 0.05) is 25.2 Å². The van der Waals surface area contributed by atoms with E-state index in [1.165, 1.54) is 5.71 Å². The van der Waals surface area contributed by atoms with Gasteiger partial charge in [-0.1, -0.05) is 13.8 Å². The highest BCUT2D eigenvalue weighted by Gasteiger charge is 2.14. The normalized spacial score (nSPS) is 23.5. The van der Waals surface area contributed by atoms with E-state index >= 15 is 0 Å². The van der Waals surface area contributed by atoms with Gasteiger partial charge in [0.15, 0.2) is 0 Å². The lowest BCUT2D eigenvalue weighted by Crippen LogP contribution is -2.17. The predicted octanol–water partition coefficient (Wildman–Crippen LogP) is 2.11. The molecule has 0 bridgehead atoms. The second-order valence-corrected chi connectivity index (χ2v) is 2.46. The molecule has 0 amide bonds. The van der Waals surface area contributed by atoms with Gasteiger partial charge in [-0.05, 0) is 13.8 Å². The SMILES string of the molecule is CC.CC1=NN(C)C(C)C1. The van der Waals surface area contributed by atoms with Crippen LogP contribution in [0.2, 0.25) is 0 Å². The van der Waals surface area contributed by atoms with Crippen LogP contribution in [0.15, 0.2) is 5.10 Å². The minimum atomic E-state index is 0.620. The minimum absolute atomic E-state index is 0.620. The Morgan fingerprint density at radius 2 is 2.00 bits per heavy atom. The maximum absolute atomic E-state index is 4.22. The molecule has 0 spiro atoms. The fourth-order valence-electron chi connectivity index (χ4n) is 0.968. The predicted molar refractivity (Wildman–Crippen MR) is 46.3 cm³/mol. The van der Waals surface area contributed by atoms with Crippen molar-refractivity contribution in [3.63, 3.8) is 0 Å². The third-order valence-electron chi connectivity index (χ3n) is 1.56. The molecule has 0 radical (unpaired) electrons. The number of rotatable bonds is 0. The van der Waals surface area contributed by atoms with Crippen molar-refractivity contribution in [1.82, 2.24) is 5.01 Å². The van der Waals surface area contributed by atoms with Gasteiger partial charge in [0.25, 0.3) is 0 Å². The molecule has 2 nitrogen and oxygen atoms in total. The molecule has 1 atom stereocenters. The van der Waals surface area contributed by atoms with Crippen molar-refractivity contribution in [3.05, 3.63) is 0 Å². The second-order valence-electron chi connectivity index (χ2n) is 2.46. The molecule has 2 heteroatoms. The smallest absolute Gasteiger partial charge is 0.0491 e. The standard InChI is InChI=1S/C6H12N2.C2H6/c1-5-4-6(2)8(3)7-5;1-2/h6H,4H2,1-3H3;1-2H3. The lowest BCUT2D eigenvalue weighted by Gasteiger charge is -2.11. The Kier molecular flexibility index (Phi) is 4.08. The molecule has 1 rings (SSSR count). The van der Waals surface area contributed by atoms with Gasteiger partial charge in [0.1, 0.15) is 0 Å². The Morgan fingerprint density at radius 3 is 2.10 bits per heavy atom. The van der Waals surface area contributed by atoms with Crippen molar-refractivity contribution >= 4 is 5.71 Å². The van der Waals surface area contributed by atoms with Gasteiger partial charge in [-0.3, -0.25) is 5.01 Å². The topological polar surface area (TPSA) is 15.6 Å². The van der Waals surface area contributed by atoms with E-state index in [-0.39, 0.29) is 0 Å². The van der Waals surface area contributed by atoms with Crippen LogP contribution < -0.4 is 0 Å². The lowest BCUT2D eigenvalue weighted by molar-refractivity contribution is 0.303. The maximum atomic E-state index is 4.22. The molecule has 0 fully saturated rings. The van der Waals surface area contributed by atoms with Crippen LogP contribution in [-0.4, -0.2) is 23.8 Å². The molecule has 1 heterocycles. The van der Waals surface area contributed by atoms with Crippen molar-refractivity contribution in [2.45, 2.75) is 40.2 Å². The first-order chi connectivity index (χ1) is 4.70. The molecule has 0 N–H and O–H groups in total. The Morgan fingerprint density at radius 1 is 1.50 bits per heavy atom. The van der Waals surface area contributed by atoms with Crippen LogP contribution in [0.3, 0.4) is 0 Å². The summed E-state index contributed by atoms with van der Waals surface area (Å²) >= 11 is 0. The third kappa shape index (κ3) is 2.38. The number of hydrogen-bond acceptors (Lipinski definition) is 2. The number of hydrogen-bond donors (Lipinski definition) is 0. The van der Waals surface area contributed by atoms with Gasteiger partial charge < -0.3 is 0 Å². The maximum Gasteiger partial charge on any atom is 0.0491 e. The van der Waals surface area contributed by atoms with Crippen LogP contribution in [0.5, 0.6) is 0 Å². The van der Waals surface area contributed by atoms with Crippen molar-refractivity contribution < 1.29 is 0 Å². The van der Waals surface area contributed by atoms with Crippen LogP contribution in [0.1, 0.15) is 34.1 Å². The van der Waals surface area contributed by atoms with Crippen LogP contribution in [0.25, 0.3) is 0 Å². The summed E-state index contributed by atoms with van der Waals surface area (Å²) in [5, 5.41) is 6.23. The van der Waals surface area contributed by atoms with Crippen molar-refractivity contribution in [3.8, 4) is 0 Å². The van der Waals surface area contributed by atoms with Crippen LogP contribution >= 0.6 is 0 Å². The molecule has 0 saturated carbocycles. The van der Waals surface area contributed by atoms with Gasteiger partial charge in [-0.25, -0.2) is 0 Å². The van der Waals surface area contributed by atoms with Gasteiger partial charge in [0.2, 0.25) is 0 Å². The minimum Gasteiger partial charge on any atom is -0.297 e. The first-order valence-corrected chi connectivity index (χ1v) is 3.97. The average Bonchev–Trinajstić information content (AvgIpc) is 2.16. The van der Waals surface area contributed by atoms with Crippen molar-refractivity contribution in [1.29, 1.82) is 0 Å². The van der Waals surface area contributed by atoms with E-state index in [1.54, 1.807) is 0 Å². The molecule has 1 unspecified atom stereocenters. The Balaban J connectivity index is 0.000000371. The van der Waals surface area contributed by atoms with Crippen molar-refractivity contribution in [2.24, 2.45) is 5.10 Å². The highest BCUT2D eigenvalue weighted by molar-refractivity contribution is 5.83. The zero-order valence-electron chi connectivity index (χ0n) is 7.68. The summed E-state index contributed by atoms with van der Waals surface area (Å²) in [6.07, 6.45) is 1.14. The van der Waals surface area contributed by atoms with E-state index in [9.17, 15) is 0 Å². The summed E-state index contributed by atoms with van der Waals surface area (Å²) in [7, 11) is 2.02. The molecule has 1 aliphatic heterocycles. The van der Waals surface area contributed by atoms with E-state index in [4.69, 9.17) is 0 Å². The average molecular weight is 142 g/mol. The first kappa shape index (κ1) is 9.47. The monoisotopic (exact) mass is 142 g/mol. The Bertz CT molecular complexity index is 118. The molecule has 60 valence electrons. The molecule has 0 saturated heterocycles. The molecular weight excluding hydrogens is 124 g/mol. The lowest BCUT2D eigenvalue weighted by atomic mass is 10.2. The number of hydrazone groups is 1. The Hall–Kier alpha value is -0.530. The zero-order chi connectivity index (χ0) is 8.15. The highest BCUT2D eigenvalue weighted by Crippen LogP contribution is 2.10. The highest BCUT2D eigenvalue weighted by atomic mass is 15.5. The van der Waals surface area contributed by atoms with Gasteiger partial charge in [-0.2, -0.15) is 5.10 Å². The van der Waals surface area contributed by atoms with Crippen LogP contribution in [-0.2, 0) is 0 Å². The largest absolute Gasteiger partial charge is 0.297 e. The molecule has 10 heavy (non-hydrogen) atoms. The van der Waals surface area contributed by atoms with E-state index in [2.05, 4.69) is 18.9 Å². The zero-order valence-corrected chi connectivity index (χ0v) is 7.68. The van der Waals surface area contributed by atoms with Crippen LogP contribution in [0, 0.1) is 0 Å². The molecule has 0 aromatic heterocycles. The van der Waals surface area contributed by atoms with E-state index in [1.807, 2.05) is 25.9 Å². The molecule has 1 aliphatic rings. The van der Waals surface area contributed by atoms with Gasteiger partial charge in [-0.15, -0.1) is 0 Å². The second kappa shape index (κ2) is 4.31. The molecule has 0 aromatic rings. The summed E-state index contributed by atoms with van der Waals surface area (Å²) in [6.45, 7) is 8.25. The third-order valence-corrected chi connectivity index (χ3v) is 1.56.